The zero-order chi connectivity index (χ0) is 46.7. The molecular formula is C57H62O10. The summed E-state index contributed by atoms with van der Waals surface area (Å²) in [6.45, 7) is 5.03. The van der Waals surface area contributed by atoms with Gasteiger partial charge < -0.3 is 33.6 Å². The van der Waals surface area contributed by atoms with Gasteiger partial charge in [-0.1, -0.05) is 109 Å². The molecule has 7 atom stereocenters. The van der Waals surface area contributed by atoms with Crippen LogP contribution in [-0.2, 0) is 36.6 Å². The van der Waals surface area contributed by atoms with Crippen molar-refractivity contribution in [1.82, 2.24) is 0 Å². The SMILES string of the molecule is CC(C)=C1CCc2ccc(cc2)[C@@H]2C=C[C@@H](c3cccc(Cc4ccccc4)c3)C[C@H]2CC(=O)O[C@@H]2c3c(ccc4cc([C@H](CCO)COCO)c(=O)oc34)O[C@@](C)(C3CCCC3)[C@H]2OC1=O. The van der Waals surface area contributed by atoms with Crippen LogP contribution in [-0.4, -0.2) is 53.9 Å². The van der Waals surface area contributed by atoms with E-state index in [0.717, 1.165) is 48.8 Å². The van der Waals surface area contributed by atoms with Crippen LogP contribution in [0.25, 0.3) is 11.0 Å². The number of hydrogen-bond acceptors (Lipinski definition) is 10. The largest absolute Gasteiger partial charge is 0.483 e. The van der Waals surface area contributed by atoms with Gasteiger partial charge in [0.05, 0.1) is 12.2 Å². The summed E-state index contributed by atoms with van der Waals surface area (Å²) in [7, 11) is 0. The molecule has 0 radical (unpaired) electrons. The third-order valence-electron chi connectivity index (χ3n) is 14.9. The molecule has 2 N–H and O–H groups in total. The fraction of sp³-hybridized carbons (Fsp3) is 0.421. The number of fused-ring (bicyclic) bond motifs is 11. The molecule has 4 aromatic carbocycles. The molecular weight excluding hydrogens is 845 g/mol. The summed E-state index contributed by atoms with van der Waals surface area (Å²) >= 11 is 0. The Labute approximate surface area is 392 Å². The number of benzene rings is 4. The molecule has 5 aliphatic rings. The lowest BCUT2D eigenvalue weighted by Crippen LogP contribution is -2.58. The standard InChI is InChI=1S/C57H62O10/c1-35(2)46-23-18-36-16-19-39(20-17-36)47-24-21-41(40-13-9-12-38(29-40)28-37-10-5-4-6-11-37)30-44(47)32-50(60)64-53-51-49(67-57(3,45-14-7-8-15-45)54(53)66-55(46)61)25-22-42-31-48(56(62)65-52(42)51)43(26-27-58)33-63-34-59/h4-6,9-13,16-17,19-22,24-25,29,31,41,43-45,47,53-54,58-59H,7-8,14-15,18,23,26-28,30,32-34H2,1-3H3/t41-,43-,44+,47+,53-,54+,57+/m1/s1. The number of carbonyl (C=O) groups excluding carboxylic acids is 2. The lowest BCUT2D eigenvalue weighted by atomic mass is 9.72. The average molecular weight is 907 g/mol. The van der Waals surface area contributed by atoms with Gasteiger partial charge in [-0.2, -0.15) is 0 Å². The van der Waals surface area contributed by atoms with E-state index in [-0.39, 0.29) is 60.9 Å². The Morgan fingerprint density at radius 3 is 2.36 bits per heavy atom. The van der Waals surface area contributed by atoms with Gasteiger partial charge in [-0.3, -0.25) is 4.79 Å². The minimum Gasteiger partial charge on any atom is -0.483 e. The smallest absolute Gasteiger partial charge is 0.339 e. The van der Waals surface area contributed by atoms with Crippen molar-refractivity contribution < 1.29 is 43.2 Å². The first-order valence-corrected chi connectivity index (χ1v) is 24.1. The molecule has 10 rings (SSSR count). The van der Waals surface area contributed by atoms with Crippen molar-refractivity contribution in [2.24, 2.45) is 11.8 Å². The molecule has 10 heteroatoms. The van der Waals surface area contributed by atoms with Crippen LogP contribution in [0.5, 0.6) is 5.75 Å². The third kappa shape index (κ3) is 9.80. The van der Waals surface area contributed by atoms with Crippen molar-refractivity contribution in [3.63, 3.8) is 0 Å². The van der Waals surface area contributed by atoms with Crippen molar-refractivity contribution in [1.29, 1.82) is 0 Å². The van der Waals surface area contributed by atoms with Gasteiger partial charge in [-0.15, -0.1) is 0 Å². The third-order valence-corrected chi connectivity index (χ3v) is 14.9. The van der Waals surface area contributed by atoms with E-state index in [4.69, 9.17) is 23.4 Å². The van der Waals surface area contributed by atoms with Crippen LogP contribution in [0.1, 0.15) is 135 Å². The van der Waals surface area contributed by atoms with E-state index in [0.29, 0.717) is 41.5 Å². The molecule has 4 heterocycles. The van der Waals surface area contributed by atoms with Crippen molar-refractivity contribution in [2.45, 2.75) is 121 Å². The van der Waals surface area contributed by atoms with Crippen LogP contribution in [0, 0.1) is 11.8 Å². The molecule has 5 aromatic rings. The zero-order valence-electron chi connectivity index (χ0n) is 38.8. The second-order valence-electron chi connectivity index (χ2n) is 19.4. The first-order valence-electron chi connectivity index (χ1n) is 24.1. The van der Waals surface area contributed by atoms with Crippen LogP contribution < -0.4 is 10.4 Å². The van der Waals surface area contributed by atoms with Gasteiger partial charge in [0.2, 0.25) is 0 Å². The molecule has 0 spiro atoms. The van der Waals surface area contributed by atoms with Crippen LogP contribution in [0.2, 0.25) is 0 Å². The minimum atomic E-state index is -1.19. The molecule has 0 unspecified atom stereocenters. The topological polar surface area (TPSA) is 142 Å². The fourth-order valence-electron chi connectivity index (χ4n) is 11.3. The Morgan fingerprint density at radius 2 is 1.61 bits per heavy atom. The van der Waals surface area contributed by atoms with E-state index in [1.54, 1.807) is 6.07 Å². The zero-order valence-corrected chi connectivity index (χ0v) is 38.8. The van der Waals surface area contributed by atoms with Gasteiger partial charge in [0.15, 0.2) is 12.2 Å². The highest BCUT2D eigenvalue weighted by Gasteiger charge is 2.57. The Hall–Kier alpha value is -5.81. The van der Waals surface area contributed by atoms with Crippen LogP contribution in [0.15, 0.2) is 130 Å². The molecule has 10 nitrogen and oxygen atoms in total. The molecule has 3 aliphatic heterocycles. The predicted octanol–water partition coefficient (Wildman–Crippen LogP) is 10.5. The Balaban J connectivity index is 1.15. The van der Waals surface area contributed by atoms with E-state index in [1.807, 2.05) is 39.0 Å². The summed E-state index contributed by atoms with van der Waals surface area (Å²) < 4.78 is 32.1. The Bertz CT molecular complexity index is 2690. The number of aliphatic hydroxyl groups is 2. The minimum absolute atomic E-state index is 0.00656. The maximum atomic E-state index is 15.1. The summed E-state index contributed by atoms with van der Waals surface area (Å²) in [6.07, 6.45) is 8.78. The molecule has 1 saturated carbocycles. The summed E-state index contributed by atoms with van der Waals surface area (Å²) in [5.74, 6) is -1.30. The van der Waals surface area contributed by atoms with Crippen molar-refractivity contribution >= 4 is 22.9 Å². The molecule has 350 valence electrons. The maximum Gasteiger partial charge on any atom is 0.339 e. The van der Waals surface area contributed by atoms with Gasteiger partial charge in [-0.05, 0) is 118 Å². The fourth-order valence-corrected chi connectivity index (χ4v) is 11.3. The van der Waals surface area contributed by atoms with Crippen LogP contribution >= 0.6 is 0 Å². The number of esters is 2. The van der Waals surface area contributed by atoms with Gasteiger partial charge in [0.1, 0.15) is 23.7 Å². The average Bonchev–Trinajstić information content (AvgIpc) is 3.88. The maximum absolute atomic E-state index is 15.1. The number of aryl methyl sites for hydroxylation is 1. The first-order chi connectivity index (χ1) is 32.5. The molecule has 1 fully saturated rings. The predicted molar refractivity (Wildman–Crippen MR) is 256 cm³/mol. The molecule has 0 saturated heterocycles. The second kappa shape index (κ2) is 20.2. The van der Waals surface area contributed by atoms with E-state index in [9.17, 15) is 19.8 Å². The monoisotopic (exact) mass is 906 g/mol. The Kier molecular flexibility index (Phi) is 14.0. The Morgan fingerprint density at radius 1 is 0.836 bits per heavy atom. The van der Waals surface area contributed by atoms with Gasteiger partial charge >= 0.3 is 17.6 Å². The quantitative estimate of drug-likeness (QED) is 0.0457. The summed E-state index contributed by atoms with van der Waals surface area (Å²) in [6, 6.07) is 33.1. The number of hydrogen-bond donors (Lipinski definition) is 2. The van der Waals surface area contributed by atoms with Crippen molar-refractivity contribution in [2.75, 3.05) is 20.0 Å². The van der Waals surface area contributed by atoms with Gasteiger partial charge in [-0.25, -0.2) is 9.59 Å². The van der Waals surface area contributed by atoms with Crippen LogP contribution in [0.3, 0.4) is 0 Å². The number of aliphatic hydroxyl groups excluding tert-OH is 2. The number of ether oxygens (including phenoxy) is 4. The molecule has 1 aromatic heterocycles. The highest BCUT2D eigenvalue weighted by Crippen LogP contribution is 2.53. The normalized spacial score (nSPS) is 24.9. The van der Waals surface area contributed by atoms with Crippen LogP contribution in [0.4, 0.5) is 0 Å². The number of carbonyl (C=O) groups is 2. The highest BCUT2D eigenvalue weighted by atomic mass is 16.6. The highest BCUT2D eigenvalue weighted by molar-refractivity contribution is 5.90. The second-order valence-corrected chi connectivity index (χ2v) is 19.4. The first kappa shape index (κ1) is 46.3. The lowest BCUT2D eigenvalue weighted by molar-refractivity contribution is -0.199. The van der Waals surface area contributed by atoms with Gasteiger partial charge in [0, 0.05) is 53.2 Å². The van der Waals surface area contributed by atoms with Crippen molar-refractivity contribution in [3.05, 3.63) is 170 Å². The summed E-state index contributed by atoms with van der Waals surface area (Å²) in [4.78, 5) is 43.8. The molecule has 67 heavy (non-hydrogen) atoms. The van der Waals surface area contributed by atoms with E-state index < -0.39 is 48.1 Å². The van der Waals surface area contributed by atoms with E-state index in [2.05, 4.69) is 84.9 Å². The molecule has 2 aliphatic carbocycles. The summed E-state index contributed by atoms with van der Waals surface area (Å²) in [5, 5.41) is 19.8. The summed E-state index contributed by atoms with van der Waals surface area (Å²) in [5.41, 5.74) is 6.24. The lowest BCUT2D eigenvalue weighted by Gasteiger charge is -2.48. The number of rotatable bonds is 10. The van der Waals surface area contributed by atoms with Gasteiger partial charge in [0.25, 0.3) is 0 Å². The number of allylic oxidation sites excluding steroid dienone is 3. The molecule has 0 amide bonds. The van der Waals surface area contributed by atoms with Crippen molar-refractivity contribution in [3.8, 4) is 5.75 Å². The molecule has 2 bridgehead atoms. The van der Waals surface area contributed by atoms with E-state index >= 15 is 4.79 Å². The van der Waals surface area contributed by atoms with E-state index in [1.165, 1.54) is 16.7 Å².